The zero-order chi connectivity index (χ0) is 20.5. The first-order valence-electron chi connectivity index (χ1n) is 9.34. The van der Waals surface area contributed by atoms with Gasteiger partial charge in [0, 0.05) is 36.0 Å². The van der Waals surface area contributed by atoms with Gasteiger partial charge in [-0.2, -0.15) is 10.2 Å². The molecule has 2 aromatic carbocycles. The Balaban J connectivity index is 1.62. The summed E-state index contributed by atoms with van der Waals surface area (Å²) in [7, 11) is 1.85. The normalized spacial score (nSPS) is 11.3. The molecular weight excluding hydrogens is 388 g/mol. The molecule has 2 aromatic heterocycles. The number of nitrogens with one attached hydrogen (secondary N) is 2. The minimum absolute atomic E-state index is 0.0723. The van der Waals surface area contributed by atoms with Crippen molar-refractivity contribution in [3.8, 4) is 11.4 Å². The summed E-state index contributed by atoms with van der Waals surface area (Å²) >= 11 is 6.54. The lowest BCUT2D eigenvalue weighted by atomic mass is 10.1. The van der Waals surface area contributed by atoms with Gasteiger partial charge < -0.3 is 5.32 Å². The molecule has 148 valence electrons. The van der Waals surface area contributed by atoms with E-state index in [1.54, 1.807) is 23.0 Å². The number of aryl methyl sites for hydroxylation is 1. The Labute approximate surface area is 173 Å². The Hall–Kier alpha value is -3.19. The second-order valence-electron chi connectivity index (χ2n) is 7.23. The van der Waals surface area contributed by atoms with Gasteiger partial charge in [-0.1, -0.05) is 29.8 Å². The van der Waals surface area contributed by atoms with E-state index in [0.29, 0.717) is 22.8 Å². The van der Waals surface area contributed by atoms with Gasteiger partial charge in [0.15, 0.2) is 5.82 Å². The molecule has 0 unspecified atom stereocenters. The number of aromatic amines is 1. The van der Waals surface area contributed by atoms with Crippen LogP contribution in [0, 0.1) is 0 Å². The summed E-state index contributed by atoms with van der Waals surface area (Å²) in [6.45, 7) is 3.86. The molecule has 2 N–H and O–H groups in total. The summed E-state index contributed by atoms with van der Waals surface area (Å²) in [5.41, 5.74) is 3.22. The number of H-pyrrole nitrogens is 1. The summed E-state index contributed by atoms with van der Waals surface area (Å²) in [6, 6.07) is 11.3. The summed E-state index contributed by atoms with van der Waals surface area (Å²) in [5.74, 6) is 1.24. The van der Waals surface area contributed by atoms with Crippen molar-refractivity contribution >= 4 is 28.4 Å². The molecular formula is C21H21ClN6O. The van der Waals surface area contributed by atoms with Gasteiger partial charge in [-0.25, -0.2) is 4.98 Å². The minimum atomic E-state index is -0.113. The molecule has 2 heterocycles. The van der Waals surface area contributed by atoms with Crippen LogP contribution in [-0.4, -0.2) is 36.9 Å². The van der Waals surface area contributed by atoms with E-state index in [4.69, 9.17) is 11.6 Å². The number of nitrogens with zero attached hydrogens (tertiary/aromatic N) is 4. The molecule has 0 atom stereocenters. The highest BCUT2D eigenvalue weighted by Gasteiger charge is 2.15. The molecule has 4 aromatic rings. The minimum Gasteiger partial charge on any atom is -0.350 e. The average Bonchev–Trinajstić information content (AvgIpc) is 3.31. The zero-order valence-electron chi connectivity index (χ0n) is 16.4. The molecule has 0 spiro atoms. The van der Waals surface area contributed by atoms with Crippen molar-refractivity contribution in [1.29, 1.82) is 0 Å². The van der Waals surface area contributed by atoms with E-state index in [9.17, 15) is 4.79 Å². The number of hydrogen-bond donors (Lipinski definition) is 2. The number of carbonyl (C=O) groups is 1. The van der Waals surface area contributed by atoms with Crippen molar-refractivity contribution in [3.63, 3.8) is 0 Å². The average molecular weight is 409 g/mol. The highest BCUT2D eigenvalue weighted by molar-refractivity contribution is 6.36. The van der Waals surface area contributed by atoms with Crippen LogP contribution in [0.2, 0.25) is 5.02 Å². The van der Waals surface area contributed by atoms with Crippen LogP contribution in [0.25, 0.3) is 22.3 Å². The number of aromatic nitrogens is 5. The molecule has 4 rings (SSSR count). The fourth-order valence-corrected chi connectivity index (χ4v) is 3.45. The first-order chi connectivity index (χ1) is 13.9. The van der Waals surface area contributed by atoms with Crippen molar-refractivity contribution in [2.24, 2.45) is 7.05 Å². The SMILES string of the molecule is CC(C)NC(=O)c1cccc(-c2nc(Cc3ccc4[nH]ncc4c3Cl)n(C)n2)c1. The standard InChI is InChI=1S/C21H21ClN6O/c1-12(2)24-21(29)15-6-4-5-14(9-15)20-25-18(28(3)27-20)10-13-7-8-17-16(19(13)22)11-23-26-17/h4-9,11-12H,10H2,1-3H3,(H,23,26)(H,24,29). The number of hydrogen-bond acceptors (Lipinski definition) is 4. The van der Waals surface area contributed by atoms with Gasteiger partial charge in [-0.15, -0.1) is 0 Å². The van der Waals surface area contributed by atoms with E-state index < -0.39 is 0 Å². The fraction of sp³-hybridized carbons (Fsp3) is 0.238. The van der Waals surface area contributed by atoms with Crippen molar-refractivity contribution in [2.75, 3.05) is 0 Å². The second-order valence-corrected chi connectivity index (χ2v) is 7.61. The van der Waals surface area contributed by atoms with Crippen LogP contribution in [0.4, 0.5) is 0 Å². The molecule has 7 nitrogen and oxygen atoms in total. The molecule has 0 fully saturated rings. The van der Waals surface area contributed by atoms with Gasteiger partial charge in [-0.3, -0.25) is 14.6 Å². The molecule has 0 aliphatic heterocycles. The number of halogens is 1. The number of rotatable bonds is 5. The molecule has 0 bridgehead atoms. The monoisotopic (exact) mass is 408 g/mol. The van der Waals surface area contributed by atoms with Crippen LogP contribution in [0.1, 0.15) is 35.6 Å². The molecule has 0 aliphatic rings. The highest BCUT2D eigenvalue weighted by atomic mass is 35.5. The quantitative estimate of drug-likeness (QED) is 0.526. The van der Waals surface area contributed by atoms with Gasteiger partial charge in [0.2, 0.25) is 0 Å². The molecule has 0 aliphatic carbocycles. The van der Waals surface area contributed by atoms with Crippen LogP contribution < -0.4 is 5.32 Å². The Morgan fingerprint density at radius 1 is 1.28 bits per heavy atom. The zero-order valence-corrected chi connectivity index (χ0v) is 17.2. The van der Waals surface area contributed by atoms with Gasteiger partial charge in [0.1, 0.15) is 5.82 Å². The van der Waals surface area contributed by atoms with Crippen LogP contribution >= 0.6 is 11.6 Å². The number of amides is 1. The van der Waals surface area contributed by atoms with E-state index in [2.05, 4.69) is 25.6 Å². The lowest BCUT2D eigenvalue weighted by molar-refractivity contribution is 0.0943. The number of fused-ring (bicyclic) bond motifs is 1. The molecule has 8 heteroatoms. The van der Waals surface area contributed by atoms with Crippen LogP contribution in [0.15, 0.2) is 42.6 Å². The number of carbonyl (C=O) groups excluding carboxylic acids is 1. The van der Waals surface area contributed by atoms with Crippen LogP contribution in [-0.2, 0) is 13.5 Å². The number of benzene rings is 2. The van der Waals surface area contributed by atoms with Crippen LogP contribution in [0.5, 0.6) is 0 Å². The third-order valence-electron chi connectivity index (χ3n) is 4.64. The molecule has 0 saturated carbocycles. The molecule has 0 saturated heterocycles. The van der Waals surface area contributed by atoms with Gasteiger partial charge in [-0.05, 0) is 37.6 Å². The van der Waals surface area contributed by atoms with E-state index in [1.807, 2.05) is 45.2 Å². The Kier molecular flexibility index (Phi) is 5.07. The van der Waals surface area contributed by atoms with Crippen molar-refractivity contribution < 1.29 is 4.79 Å². The lowest BCUT2D eigenvalue weighted by Gasteiger charge is -2.08. The maximum Gasteiger partial charge on any atom is 0.251 e. The summed E-state index contributed by atoms with van der Waals surface area (Å²) in [6.07, 6.45) is 2.26. The molecule has 0 radical (unpaired) electrons. The predicted molar refractivity (Wildman–Crippen MR) is 113 cm³/mol. The summed E-state index contributed by atoms with van der Waals surface area (Å²) < 4.78 is 1.74. The highest BCUT2D eigenvalue weighted by Crippen LogP contribution is 2.28. The third kappa shape index (κ3) is 3.86. The largest absolute Gasteiger partial charge is 0.350 e. The first-order valence-corrected chi connectivity index (χ1v) is 9.72. The van der Waals surface area contributed by atoms with E-state index in [1.165, 1.54) is 0 Å². The molecule has 1 amide bonds. The van der Waals surface area contributed by atoms with Crippen LogP contribution in [0.3, 0.4) is 0 Å². The topological polar surface area (TPSA) is 88.5 Å². The van der Waals surface area contributed by atoms with E-state index in [-0.39, 0.29) is 11.9 Å². The Morgan fingerprint density at radius 2 is 2.10 bits per heavy atom. The van der Waals surface area contributed by atoms with Gasteiger partial charge in [0.25, 0.3) is 5.91 Å². The van der Waals surface area contributed by atoms with Crippen molar-refractivity contribution in [1.82, 2.24) is 30.3 Å². The fourth-order valence-electron chi connectivity index (χ4n) is 3.17. The van der Waals surface area contributed by atoms with Crippen molar-refractivity contribution in [3.05, 3.63) is 64.6 Å². The Morgan fingerprint density at radius 3 is 2.90 bits per heavy atom. The maximum atomic E-state index is 12.3. The lowest BCUT2D eigenvalue weighted by Crippen LogP contribution is -2.30. The van der Waals surface area contributed by atoms with Gasteiger partial charge in [0.05, 0.1) is 16.7 Å². The third-order valence-corrected chi connectivity index (χ3v) is 5.09. The Bertz CT molecular complexity index is 1190. The smallest absolute Gasteiger partial charge is 0.251 e. The summed E-state index contributed by atoms with van der Waals surface area (Å²) in [5, 5.41) is 15.9. The van der Waals surface area contributed by atoms with Crippen molar-refractivity contribution in [2.45, 2.75) is 26.3 Å². The summed E-state index contributed by atoms with van der Waals surface area (Å²) in [4.78, 5) is 17.0. The predicted octanol–water partition coefficient (Wildman–Crippen LogP) is 3.74. The van der Waals surface area contributed by atoms with E-state index >= 15 is 0 Å². The molecule has 29 heavy (non-hydrogen) atoms. The second kappa shape index (κ2) is 7.67. The van der Waals surface area contributed by atoms with E-state index in [0.717, 1.165) is 27.9 Å². The van der Waals surface area contributed by atoms with Gasteiger partial charge >= 0.3 is 0 Å². The first kappa shape index (κ1) is 19.1. The maximum absolute atomic E-state index is 12.3.